The molecule has 1 aliphatic rings. The number of nitrogens with zero attached hydrogens (tertiary/aromatic N) is 1. The topological polar surface area (TPSA) is 24.6 Å². The number of rotatable bonds is 2. The van der Waals surface area contributed by atoms with Crippen molar-refractivity contribution in [2.75, 3.05) is 6.54 Å². The van der Waals surface area contributed by atoms with Gasteiger partial charge in [-0.05, 0) is 30.5 Å². The van der Waals surface area contributed by atoms with Crippen LogP contribution in [0.15, 0.2) is 24.3 Å². The molecule has 0 radical (unpaired) electrons. The molecule has 0 bridgehead atoms. The van der Waals surface area contributed by atoms with Crippen LogP contribution in [-0.2, 0) is 5.41 Å². The number of benzene rings is 1. The molecule has 1 aliphatic carbocycles. The average molecular weight is 187 g/mol. The molecule has 1 fully saturated rings. The fourth-order valence-corrected chi connectivity index (χ4v) is 2.11. The zero-order chi connectivity index (χ0) is 10.0. The lowest BCUT2D eigenvalue weighted by Gasteiger charge is -2.37. The number of hydrogen-bond acceptors (Lipinski definition) is 1. The zero-order valence-corrected chi connectivity index (χ0v) is 8.03. The first-order valence-corrected chi connectivity index (χ1v) is 4.90. The molecule has 14 heavy (non-hydrogen) atoms. The number of aromatic hydroxyl groups is 1. The molecule has 2 rings (SSSR count). The third kappa shape index (κ3) is 1.35. The molecule has 2 heteroatoms. The van der Waals surface area contributed by atoms with Crippen molar-refractivity contribution in [1.29, 1.82) is 0 Å². The summed E-state index contributed by atoms with van der Waals surface area (Å²) in [5, 5.41) is 9.18. The summed E-state index contributed by atoms with van der Waals surface area (Å²) in [5.41, 5.74) is 1.30. The van der Waals surface area contributed by atoms with Crippen molar-refractivity contribution in [2.24, 2.45) is 0 Å². The summed E-state index contributed by atoms with van der Waals surface area (Å²) in [4.78, 5) is 3.52. The minimum absolute atomic E-state index is 0.0927. The molecule has 0 unspecified atom stereocenters. The van der Waals surface area contributed by atoms with Gasteiger partial charge >= 0.3 is 0 Å². The summed E-state index contributed by atoms with van der Waals surface area (Å²) < 4.78 is 0. The Labute approximate surface area is 84.0 Å². The fourth-order valence-electron chi connectivity index (χ4n) is 2.11. The summed E-state index contributed by atoms with van der Waals surface area (Å²) in [6.07, 6.45) is 3.44. The Balaban J connectivity index is 2.28. The molecule has 0 spiro atoms. The Bertz CT molecular complexity index is 357. The number of phenolic OH excluding ortho intramolecular Hbond substituents is 1. The van der Waals surface area contributed by atoms with Gasteiger partial charge in [-0.1, -0.05) is 18.6 Å². The van der Waals surface area contributed by atoms with Crippen molar-refractivity contribution in [2.45, 2.75) is 24.7 Å². The van der Waals surface area contributed by atoms with Crippen LogP contribution >= 0.6 is 0 Å². The Morgan fingerprint density at radius 1 is 1.29 bits per heavy atom. The zero-order valence-electron chi connectivity index (χ0n) is 8.03. The maximum atomic E-state index is 9.18. The molecule has 2 nitrogen and oxygen atoms in total. The smallest absolute Gasteiger partial charge is 0.224 e. The van der Waals surface area contributed by atoms with Crippen molar-refractivity contribution < 1.29 is 5.11 Å². The predicted octanol–water partition coefficient (Wildman–Crippen LogP) is 2.73. The first-order valence-electron chi connectivity index (χ1n) is 4.90. The molecule has 0 saturated heterocycles. The summed E-state index contributed by atoms with van der Waals surface area (Å²) in [7, 11) is 0. The van der Waals surface area contributed by atoms with E-state index in [0.717, 1.165) is 12.8 Å². The Hall–Kier alpha value is -1.49. The highest BCUT2D eigenvalue weighted by Crippen LogP contribution is 2.44. The van der Waals surface area contributed by atoms with Gasteiger partial charge in [0.05, 0.1) is 5.41 Å². The van der Waals surface area contributed by atoms with E-state index in [2.05, 4.69) is 4.85 Å². The second-order valence-electron chi connectivity index (χ2n) is 4.00. The second-order valence-corrected chi connectivity index (χ2v) is 4.00. The maximum absolute atomic E-state index is 9.18. The molecule has 0 heterocycles. The van der Waals surface area contributed by atoms with E-state index in [9.17, 15) is 5.11 Å². The van der Waals surface area contributed by atoms with E-state index in [1.165, 1.54) is 12.0 Å². The number of phenols is 1. The number of hydrogen-bond donors (Lipinski definition) is 1. The molecule has 1 N–H and O–H groups in total. The third-order valence-electron chi connectivity index (χ3n) is 3.17. The van der Waals surface area contributed by atoms with Gasteiger partial charge in [0.25, 0.3) is 0 Å². The van der Waals surface area contributed by atoms with Crippen molar-refractivity contribution in [3.63, 3.8) is 0 Å². The normalized spacial score (nSPS) is 18.2. The van der Waals surface area contributed by atoms with Crippen LogP contribution in [0.1, 0.15) is 24.8 Å². The Kier molecular flexibility index (Phi) is 2.17. The molecule has 0 atom stereocenters. The van der Waals surface area contributed by atoms with Crippen LogP contribution in [0, 0.1) is 6.57 Å². The van der Waals surface area contributed by atoms with E-state index in [1.54, 1.807) is 12.1 Å². The van der Waals surface area contributed by atoms with Crippen molar-refractivity contribution in [3.05, 3.63) is 41.2 Å². The molecule has 1 aromatic rings. The van der Waals surface area contributed by atoms with Gasteiger partial charge in [0.15, 0.2) is 0 Å². The van der Waals surface area contributed by atoms with Gasteiger partial charge in [-0.2, -0.15) is 0 Å². The van der Waals surface area contributed by atoms with Crippen LogP contribution < -0.4 is 0 Å². The lowest BCUT2D eigenvalue weighted by atomic mass is 9.64. The quantitative estimate of drug-likeness (QED) is 0.707. The fraction of sp³-hybridized carbons (Fsp3) is 0.417. The van der Waals surface area contributed by atoms with Crippen molar-refractivity contribution >= 4 is 0 Å². The minimum atomic E-state index is 0.0927. The SMILES string of the molecule is [C-]#[N+]CC1(c2ccc(O)cc2)CCC1. The molecule has 1 aromatic carbocycles. The van der Waals surface area contributed by atoms with Crippen LogP contribution in [0.4, 0.5) is 0 Å². The highest BCUT2D eigenvalue weighted by atomic mass is 16.3. The van der Waals surface area contributed by atoms with Gasteiger partial charge in [0, 0.05) is 0 Å². The Morgan fingerprint density at radius 3 is 2.36 bits per heavy atom. The molecule has 1 saturated carbocycles. The summed E-state index contributed by atoms with van der Waals surface area (Å²) in [6, 6.07) is 7.30. The van der Waals surface area contributed by atoms with Gasteiger partial charge in [0.1, 0.15) is 5.75 Å². The first kappa shape index (κ1) is 9.08. The predicted molar refractivity (Wildman–Crippen MR) is 55.1 cm³/mol. The molecular formula is C12H13NO. The monoisotopic (exact) mass is 187 g/mol. The lowest BCUT2D eigenvalue weighted by Crippen LogP contribution is -2.36. The first-order chi connectivity index (χ1) is 6.77. The van der Waals surface area contributed by atoms with Gasteiger partial charge in [0.2, 0.25) is 6.54 Å². The largest absolute Gasteiger partial charge is 0.508 e. The highest BCUT2D eigenvalue weighted by molar-refractivity contribution is 5.34. The Morgan fingerprint density at radius 2 is 1.93 bits per heavy atom. The second kappa shape index (κ2) is 3.34. The van der Waals surface area contributed by atoms with E-state index in [1.807, 2.05) is 12.1 Å². The standard InChI is InChI=1S/C12H13NO/c1-13-9-12(7-2-8-12)10-3-5-11(14)6-4-10/h3-6,14H,2,7-9H2. The van der Waals surface area contributed by atoms with E-state index < -0.39 is 0 Å². The van der Waals surface area contributed by atoms with Gasteiger partial charge in [-0.25, -0.2) is 6.57 Å². The van der Waals surface area contributed by atoms with E-state index in [-0.39, 0.29) is 5.41 Å². The van der Waals surface area contributed by atoms with E-state index in [0.29, 0.717) is 12.3 Å². The van der Waals surface area contributed by atoms with Crippen LogP contribution in [0.25, 0.3) is 4.85 Å². The van der Waals surface area contributed by atoms with Crippen molar-refractivity contribution in [1.82, 2.24) is 0 Å². The van der Waals surface area contributed by atoms with Gasteiger partial charge < -0.3 is 9.95 Å². The summed E-state index contributed by atoms with van der Waals surface area (Å²) in [5.74, 6) is 0.297. The van der Waals surface area contributed by atoms with E-state index >= 15 is 0 Å². The summed E-state index contributed by atoms with van der Waals surface area (Å²) >= 11 is 0. The highest BCUT2D eigenvalue weighted by Gasteiger charge is 2.41. The van der Waals surface area contributed by atoms with Crippen LogP contribution in [0.2, 0.25) is 0 Å². The lowest BCUT2D eigenvalue weighted by molar-refractivity contribution is 0.266. The maximum Gasteiger partial charge on any atom is 0.224 e. The minimum Gasteiger partial charge on any atom is -0.508 e. The summed E-state index contributed by atoms with van der Waals surface area (Å²) in [6.45, 7) is 7.54. The van der Waals surface area contributed by atoms with Crippen LogP contribution in [-0.4, -0.2) is 11.7 Å². The van der Waals surface area contributed by atoms with E-state index in [4.69, 9.17) is 6.57 Å². The molecule has 0 aliphatic heterocycles. The average Bonchev–Trinajstić information content (AvgIpc) is 2.13. The van der Waals surface area contributed by atoms with Crippen LogP contribution in [0.3, 0.4) is 0 Å². The molecule has 72 valence electrons. The molecule has 0 aromatic heterocycles. The van der Waals surface area contributed by atoms with Gasteiger partial charge in [-0.15, -0.1) is 0 Å². The molecule has 0 amide bonds. The van der Waals surface area contributed by atoms with Crippen molar-refractivity contribution in [3.8, 4) is 5.75 Å². The third-order valence-corrected chi connectivity index (χ3v) is 3.17. The van der Waals surface area contributed by atoms with Gasteiger partial charge in [-0.3, -0.25) is 0 Å². The van der Waals surface area contributed by atoms with Crippen LogP contribution in [0.5, 0.6) is 5.75 Å². The molecular weight excluding hydrogens is 174 g/mol.